The van der Waals surface area contributed by atoms with Crippen LogP contribution in [0.25, 0.3) is 0 Å². The van der Waals surface area contributed by atoms with E-state index < -0.39 is 18.8 Å². The molecule has 0 bridgehead atoms. The Balaban J connectivity index is 3.44. The maximum atomic E-state index is 8.76. The molecule has 4 heteroatoms. The second-order valence-electron chi connectivity index (χ2n) is 1.76. The highest BCUT2D eigenvalue weighted by molar-refractivity contribution is 5.53. The molecule has 0 fully saturated rings. The molecule has 0 aromatic rings. The minimum atomic E-state index is -1.12. The van der Waals surface area contributed by atoms with Crippen molar-refractivity contribution in [3.8, 4) is 0 Å². The van der Waals surface area contributed by atoms with Gasteiger partial charge in [0.2, 0.25) is 0 Å². The monoisotopic (exact) mass is 133 g/mol. The van der Waals surface area contributed by atoms with Crippen molar-refractivity contribution in [1.29, 1.82) is 5.41 Å². The van der Waals surface area contributed by atoms with Crippen LogP contribution in [-0.2, 0) is 0 Å². The lowest BCUT2D eigenvalue weighted by Gasteiger charge is -2.11. The molecule has 0 heterocycles. The molecule has 0 saturated heterocycles. The number of aliphatic hydroxyl groups is 3. The maximum Gasteiger partial charge on any atom is 0.103 e. The predicted molar refractivity (Wildman–Crippen MR) is 32.5 cm³/mol. The summed E-state index contributed by atoms with van der Waals surface area (Å²) in [5.41, 5.74) is 0. The van der Waals surface area contributed by atoms with Gasteiger partial charge >= 0.3 is 0 Å². The van der Waals surface area contributed by atoms with E-state index in [1.807, 2.05) is 0 Å². The van der Waals surface area contributed by atoms with Crippen LogP contribution in [0, 0.1) is 5.41 Å². The Bertz CT molecular complexity index is 86.3. The fourth-order valence-electron chi connectivity index (χ4n) is 0.400. The minimum absolute atomic E-state index is 0.0850. The standard InChI is InChI=1S/C5H11NO3/c6-2-1-4(8)5(9)3-7/h2,4-9H,1,3H2/t4-,5-/m1/s1. The molecule has 0 spiro atoms. The molecule has 0 aliphatic carbocycles. The molecule has 0 aliphatic heterocycles. The number of nitrogens with one attached hydrogen (secondary N) is 1. The molecule has 0 aliphatic rings. The Morgan fingerprint density at radius 3 is 2.22 bits per heavy atom. The van der Waals surface area contributed by atoms with Gasteiger partial charge in [0.15, 0.2) is 0 Å². The molecule has 4 nitrogen and oxygen atoms in total. The lowest BCUT2D eigenvalue weighted by Crippen LogP contribution is -2.29. The second kappa shape index (κ2) is 4.43. The molecule has 0 amide bonds. The second-order valence-corrected chi connectivity index (χ2v) is 1.76. The van der Waals surface area contributed by atoms with Crippen molar-refractivity contribution >= 4 is 6.21 Å². The molecule has 54 valence electrons. The largest absolute Gasteiger partial charge is 0.394 e. The van der Waals surface area contributed by atoms with Gasteiger partial charge in [0, 0.05) is 6.42 Å². The van der Waals surface area contributed by atoms with E-state index in [-0.39, 0.29) is 6.42 Å². The van der Waals surface area contributed by atoms with Gasteiger partial charge in [-0.05, 0) is 6.21 Å². The van der Waals surface area contributed by atoms with Gasteiger partial charge in [0.1, 0.15) is 6.10 Å². The molecule has 0 aromatic carbocycles. The Morgan fingerprint density at radius 2 is 1.89 bits per heavy atom. The summed E-state index contributed by atoms with van der Waals surface area (Å²) < 4.78 is 0. The zero-order valence-corrected chi connectivity index (χ0v) is 4.99. The number of rotatable bonds is 4. The summed E-state index contributed by atoms with van der Waals surface area (Å²) in [5, 5.41) is 32.2. The highest BCUT2D eigenvalue weighted by Crippen LogP contribution is 1.94. The summed E-state index contributed by atoms with van der Waals surface area (Å²) in [6, 6.07) is 0. The van der Waals surface area contributed by atoms with Crippen LogP contribution in [0.5, 0.6) is 0 Å². The SMILES string of the molecule is N=CC[C@@H](O)[C@H](O)CO. The third kappa shape index (κ3) is 3.18. The van der Waals surface area contributed by atoms with Gasteiger partial charge in [-0.3, -0.25) is 0 Å². The first-order valence-electron chi connectivity index (χ1n) is 2.68. The van der Waals surface area contributed by atoms with Crippen LogP contribution in [0.4, 0.5) is 0 Å². The van der Waals surface area contributed by atoms with Crippen molar-refractivity contribution in [3.63, 3.8) is 0 Å². The van der Waals surface area contributed by atoms with Crippen LogP contribution < -0.4 is 0 Å². The molecule has 0 saturated carbocycles. The Kier molecular flexibility index (Phi) is 4.21. The molecule has 9 heavy (non-hydrogen) atoms. The van der Waals surface area contributed by atoms with Crippen molar-refractivity contribution < 1.29 is 15.3 Å². The van der Waals surface area contributed by atoms with Gasteiger partial charge in [-0.2, -0.15) is 0 Å². The van der Waals surface area contributed by atoms with E-state index in [1.165, 1.54) is 0 Å². The first-order chi connectivity index (χ1) is 4.22. The summed E-state index contributed by atoms with van der Waals surface area (Å²) in [5.74, 6) is 0. The van der Waals surface area contributed by atoms with Gasteiger partial charge < -0.3 is 20.7 Å². The Hall–Kier alpha value is -0.450. The van der Waals surface area contributed by atoms with Crippen LogP contribution in [-0.4, -0.2) is 40.3 Å². The molecule has 0 radical (unpaired) electrons. The van der Waals surface area contributed by atoms with Crippen LogP contribution in [0.15, 0.2) is 0 Å². The fraction of sp³-hybridized carbons (Fsp3) is 0.800. The zero-order chi connectivity index (χ0) is 7.28. The molecule has 0 unspecified atom stereocenters. The topological polar surface area (TPSA) is 84.5 Å². The third-order valence-electron chi connectivity index (χ3n) is 0.991. The Labute approximate surface area is 53.3 Å². The van der Waals surface area contributed by atoms with Gasteiger partial charge in [-0.1, -0.05) is 0 Å². The van der Waals surface area contributed by atoms with Gasteiger partial charge in [-0.15, -0.1) is 0 Å². The average molecular weight is 133 g/mol. The maximum absolute atomic E-state index is 8.76. The van der Waals surface area contributed by atoms with Crippen LogP contribution in [0.1, 0.15) is 6.42 Å². The fourth-order valence-corrected chi connectivity index (χ4v) is 0.400. The van der Waals surface area contributed by atoms with Crippen molar-refractivity contribution in [2.75, 3.05) is 6.61 Å². The number of aliphatic hydroxyl groups excluding tert-OH is 3. The summed E-state index contributed by atoms with van der Waals surface area (Å²) in [7, 11) is 0. The predicted octanol–water partition coefficient (Wildman–Crippen LogP) is -1.26. The zero-order valence-electron chi connectivity index (χ0n) is 4.99. The smallest absolute Gasteiger partial charge is 0.103 e. The number of hydrogen-bond donors (Lipinski definition) is 4. The lowest BCUT2D eigenvalue weighted by molar-refractivity contribution is -0.00950. The first-order valence-corrected chi connectivity index (χ1v) is 2.68. The minimum Gasteiger partial charge on any atom is -0.394 e. The van der Waals surface area contributed by atoms with Crippen molar-refractivity contribution in [2.24, 2.45) is 0 Å². The molecule has 4 N–H and O–H groups in total. The van der Waals surface area contributed by atoms with E-state index in [2.05, 4.69) is 0 Å². The highest BCUT2D eigenvalue weighted by atomic mass is 16.4. The van der Waals surface area contributed by atoms with E-state index in [4.69, 9.17) is 20.7 Å². The normalized spacial score (nSPS) is 16.8. The first kappa shape index (κ1) is 8.55. The van der Waals surface area contributed by atoms with E-state index >= 15 is 0 Å². The van der Waals surface area contributed by atoms with Gasteiger partial charge in [-0.25, -0.2) is 0 Å². The highest BCUT2D eigenvalue weighted by Gasteiger charge is 2.12. The van der Waals surface area contributed by atoms with Crippen LogP contribution >= 0.6 is 0 Å². The molecule has 2 atom stereocenters. The average Bonchev–Trinajstić information content (AvgIpc) is 1.87. The molecule has 0 rings (SSSR count). The Morgan fingerprint density at radius 1 is 1.33 bits per heavy atom. The summed E-state index contributed by atoms with van der Waals surface area (Å²) >= 11 is 0. The van der Waals surface area contributed by atoms with Gasteiger partial charge in [0.25, 0.3) is 0 Å². The van der Waals surface area contributed by atoms with Crippen LogP contribution in [0.2, 0.25) is 0 Å². The number of hydrogen-bond acceptors (Lipinski definition) is 4. The van der Waals surface area contributed by atoms with Crippen LogP contribution in [0.3, 0.4) is 0 Å². The molecular weight excluding hydrogens is 122 g/mol. The summed E-state index contributed by atoms with van der Waals surface area (Å²) in [4.78, 5) is 0. The van der Waals surface area contributed by atoms with E-state index in [1.54, 1.807) is 0 Å². The molecule has 0 aromatic heterocycles. The quantitative estimate of drug-likeness (QED) is 0.361. The van der Waals surface area contributed by atoms with Crippen molar-refractivity contribution in [1.82, 2.24) is 0 Å². The van der Waals surface area contributed by atoms with Crippen molar-refractivity contribution in [2.45, 2.75) is 18.6 Å². The van der Waals surface area contributed by atoms with Crippen molar-refractivity contribution in [3.05, 3.63) is 0 Å². The van der Waals surface area contributed by atoms with E-state index in [9.17, 15) is 0 Å². The third-order valence-corrected chi connectivity index (χ3v) is 0.991. The lowest BCUT2D eigenvalue weighted by atomic mass is 10.2. The van der Waals surface area contributed by atoms with Gasteiger partial charge in [0.05, 0.1) is 12.7 Å². The van der Waals surface area contributed by atoms with E-state index in [0.717, 1.165) is 6.21 Å². The summed E-state index contributed by atoms with van der Waals surface area (Å²) in [6.45, 7) is -0.463. The summed E-state index contributed by atoms with van der Waals surface area (Å²) in [6.07, 6.45) is -1.05. The van der Waals surface area contributed by atoms with E-state index in [0.29, 0.717) is 0 Å². The molecular formula is C5H11NO3.